The van der Waals surface area contributed by atoms with Gasteiger partial charge in [0, 0.05) is 28.9 Å². The maximum atomic E-state index is 13.0. The molecule has 0 aromatic heterocycles. The molecule has 0 unspecified atom stereocenters. The van der Waals surface area contributed by atoms with Crippen molar-refractivity contribution in [2.45, 2.75) is 18.9 Å². The quantitative estimate of drug-likeness (QED) is 0.664. The van der Waals surface area contributed by atoms with Crippen molar-refractivity contribution in [1.82, 2.24) is 0 Å². The summed E-state index contributed by atoms with van der Waals surface area (Å²) in [5, 5.41) is 3.36. The van der Waals surface area contributed by atoms with Crippen molar-refractivity contribution in [2.75, 3.05) is 11.9 Å². The van der Waals surface area contributed by atoms with Crippen molar-refractivity contribution in [3.63, 3.8) is 0 Å². The molecule has 2 aliphatic heterocycles. The average Bonchev–Trinajstić information content (AvgIpc) is 3.01. The highest BCUT2D eigenvalue weighted by atomic mass is 16.6. The minimum absolute atomic E-state index is 0.310. The van der Waals surface area contributed by atoms with Crippen LogP contribution in [0.4, 0.5) is 5.69 Å². The lowest BCUT2D eigenvalue weighted by atomic mass is 9.77. The maximum Gasteiger partial charge on any atom is 0.342 e. The van der Waals surface area contributed by atoms with Gasteiger partial charge in [0.05, 0.1) is 5.56 Å². The molecule has 2 heterocycles. The Bertz CT molecular complexity index is 1010. The summed E-state index contributed by atoms with van der Waals surface area (Å²) >= 11 is 0. The number of carbonyl (C=O) groups excluding carboxylic acids is 1. The molecule has 134 valence electrons. The molecule has 0 saturated carbocycles. The summed E-state index contributed by atoms with van der Waals surface area (Å²) in [4.78, 5) is 13.0. The van der Waals surface area contributed by atoms with Crippen molar-refractivity contribution in [3.8, 4) is 11.5 Å². The molecule has 27 heavy (non-hydrogen) atoms. The Morgan fingerprint density at radius 3 is 2.15 bits per heavy atom. The number of benzene rings is 3. The first kappa shape index (κ1) is 15.9. The van der Waals surface area contributed by atoms with E-state index in [1.165, 1.54) is 0 Å². The minimum atomic E-state index is -0.984. The van der Waals surface area contributed by atoms with Gasteiger partial charge in [0.2, 0.25) is 0 Å². The SMILES string of the molecule is CCCNc1cccc2c1C(=O)OC21c2ccccc2Oc2ccccc21. The highest BCUT2D eigenvalue weighted by Gasteiger charge is 2.54. The van der Waals surface area contributed by atoms with Crippen molar-refractivity contribution in [2.24, 2.45) is 0 Å². The minimum Gasteiger partial charge on any atom is -0.456 e. The van der Waals surface area contributed by atoms with Crippen LogP contribution in [0, 0.1) is 0 Å². The normalized spacial score (nSPS) is 15.4. The second kappa shape index (κ2) is 5.88. The van der Waals surface area contributed by atoms with Crippen LogP contribution in [0.3, 0.4) is 0 Å². The molecule has 1 spiro atoms. The summed E-state index contributed by atoms with van der Waals surface area (Å²) in [6.07, 6.45) is 0.976. The third-order valence-electron chi connectivity index (χ3n) is 5.21. The van der Waals surface area contributed by atoms with Gasteiger partial charge < -0.3 is 14.8 Å². The van der Waals surface area contributed by atoms with Crippen molar-refractivity contribution in [1.29, 1.82) is 0 Å². The Kier molecular flexibility index (Phi) is 3.47. The first-order chi connectivity index (χ1) is 13.3. The molecule has 0 amide bonds. The Morgan fingerprint density at radius 2 is 1.48 bits per heavy atom. The second-order valence-electron chi connectivity index (χ2n) is 6.82. The fraction of sp³-hybridized carbons (Fsp3) is 0.174. The zero-order valence-electron chi connectivity index (χ0n) is 15.0. The smallest absolute Gasteiger partial charge is 0.342 e. The molecule has 1 N–H and O–H groups in total. The largest absolute Gasteiger partial charge is 0.456 e. The predicted octanol–water partition coefficient (Wildman–Crippen LogP) is 5.08. The van der Waals surface area contributed by atoms with Crippen LogP contribution in [0.25, 0.3) is 0 Å². The summed E-state index contributed by atoms with van der Waals surface area (Å²) in [7, 11) is 0. The van der Waals surface area contributed by atoms with Crippen LogP contribution in [0.1, 0.15) is 40.4 Å². The highest BCUT2D eigenvalue weighted by Crippen LogP contribution is 2.56. The van der Waals surface area contributed by atoms with Gasteiger partial charge in [0.25, 0.3) is 0 Å². The monoisotopic (exact) mass is 357 g/mol. The molecule has 4 nitrogen and oxygen atoms in total. The van der Waals surface area contributed by atoms with Gasteiger partial charge in [-0.15, -0.1) is 0 Å². The van der Waals surface area contributed by atoms with Crippen LogP contribution in [0.5, 0.6) is 11.5 Å². The molecule has 0 aliphatic carbocycles. The first-order valence-corrected chi connectivity index (χ1v) is 9.23. The van der Waals surface area contributed by atoms with Gasteiger partial charge in [0.15, 0.2) is 5.60 Å². The lowest BCUT2D eigenvalue weighted by Crippen LogP contribution is -2.32. The first-order valence-electron chi connectivity index (χ1n) is 9.23. The number of carbonyl (C=O) groups is 1. The van der Waals surface area contributed by atoms with Crippen LogP contribution in [0.15, 0.2) is 66.7 Å². The average molecular weight is 357 g/mol. The number of hydrogen-bond acceptors (Lipinski definition) is 4. The number of para-hydroxylation sites is 2. The molecule has 0 radical (unpaired) electrons. The Morgan fingerprint density at radius 1 is 0.852 bits per heavy atom. The topological polar surface area (TPSA) is 47.6 Å². The van der Waals surface area contributed by atoms with Gasteiger partial charge in [-0.05, 0) is 24.6 Å². The third-order valence-corrected chi connectivity index (χ3v) is 5.21. The number of ether oxygens (including phenoxy) is 2. The molecule has 0 fully saturated rings. The summed E-state index contributed by atoms with van der Waals surface area (Å²) in [5.74, 6) is 1.11. The molecule has 3 aromatic carbocycles. The fourth-order valence-corrected chi connectivity index (χ4v) is 4.07. The van der Waals surface area contributed by atoms with E-state index in [9.17, 15) is 4.79 Å². The molecule has 0 saturated heterocycles. The summed E-state index contributed by atoms with van der Waals surface area (Å²) in [6.45, 7) is 2.90. The Labute approximate surface area is 157 Å². The maximum absolute atomic E-state index is 13.0. The van der Waals surface area contributed by atoms with Crippen LogP contribution < -0.4 is 10.1 Å². The lowest BCUT2D eigenvalue weighted by molar-refractivity contribution is 0.0225. The molecule has 0 atom stereocenters. The molecular formula is C23H19NO3. The molecule has 3 aromatic rings. The van der Waals surface area contributed by atoms with Gasteiger partial charge in [-0.2, -0.15) is 0 Å². The number of nitrogens with one attached hydrogen (secondary N) is 1. The van der Waals surface area contributed by atoms with E-state index >= 15 is 0 Å². The van der Waals surface area contributed by atoms with Crippen LogP contribution >= 0.6 is 0 Å². The number of anilines is 1. The molecule has 2 aliphatic rings. The Hall–Kier alpha value is -3.27. The van der Waals surface area contributed by atoms with E-state index in [1.807, 2.05) is 66.7 Å². The van der Waals surface area contributed by atoms with E-state index < -0.39 is 5.60 Å². The van der Waals surface area contributed by atoms with E-state index in [0.29, 0.717) is 17.1 Å². The lowest BCUT2D eigenvalue weighted by Gasteiger charge is -2.36. The van der Waals surface area contributed by atoms with Gasteiger partial charge >= 0.3 is 5.97 Å². The van der Waals surface area contributed by atoms with E-state index in [4.69, 9.17) is 9.47 Å². The van der Waals surface area contributed by atoms with Crippen LogP contribution in [0.2, 0.25) is 0 Å². The molecule has 0 bridgehead atoms. The second-order valence-corrected chi connectivity index (χ2v) is 6.82. The number of rotatable bonds is 3. The third kappa shape index (κ3) is 2.13. The highest BCUT2D eigenvalue weighted by molar-refractivity contribution is 6.02. The molecule has 5 rings (SSSR count). The van der Waals surface area contributed by atoms with E-state index in [0.717, 1.165) is 35.3 Å². The van der Waals surface area contributed by atoms with E-state index in [2.05, 4.69) is 12.2 Å². The van der Waals surface area contributed by atoms with Crippen LogP contribution in [-0.4, -0.2) is 12.5 Å². The number of esters is 1. The standard InChI is InChI=1S/C23H19NO3/c1-2-14-24-18-11-7-10-17-21(18)22(25)27-23(17)15-8-3-5-12-19(15)26-20-13-6-4-9-16(20)23/h3-13,24H,2,14H2,1H3. The van der Waals surface area contributed by atoms with Crippen LogP contribution in [-0.2, 0) is 10.3 Å². The number of hydrogen-bond donors (Lipinski definition) is 1. The summed E-state index contributed by atoms with van der Waals surface area (Å²) < 4.78 is 12.3. The Balaban J connectivity index is 1.82. The summed E-state index contributed by atoms with van der Waals surface area (Å²) in [5.41, 5.74) is 3.00. The molecular weight excluding hydrogens is 338 g/mol. The van der Waals surface area contributed by atoms with Gasteiger partial charge in [-0.3, -0.25) is 0 Å². The zero-order valence-corrected chi connectivity index (χ0v) is 15.0. The van der Waals surface area contributed by atoms with Gasteiger partial charge in [-0.25, -0.2) is 4.79 Å². The van der Waals surface area contributed by atoms with Crippen molar-refractivity contribution < 1.29 is 14.3 Å². The van der Waals surface area contributed by atoms with Gasteiger partial charge in [-0.1, -0.05) is 55.5 Å². The predicted molar refractivity (Wildman–Crippen MR) is 103 cm³/mol. The number of fused-ring (bicyclic) bond motifs is 6. The van der Waals surface area contributed by atoms with E-state index in [-0.39, 0.29) is 5.97 Å². The molecule has 4 heteroatoms. The van der Waals surface area contributed by atoms with Crippen molar-refractivity contribution >= 4 is 11.7 Å². The summed E-state index contributed by atoms with van der Waals surface area (Å²) in [6, 6.07) is 21.4. The zero-order chi connectivity index (χ0) is 18.4. The van der Waals surface area contributed by atoms with Crippen molar-refractivity contribution in [3.05, 3.63) is 89.0 Å². The van der Waals surface area contributed by atoms with E-state index in [1.54, 1.807) is 0 Å². The van der Waals surface area contributed by atoms with Gasteiger partial charge in [0.1, 0.15) is 11.5 Å². The fourth-order valence-electron chi connectivity index (χ4n) is 4.07.